The molecule has 100 valence electrons. The summed E-state index contributed by atoms with van der Waals surface area (Å²) in [4.78, 5) is 6.97. The van der Waals surface area contributed by atoms with E-state index in [1.807, 2.05) is 6.20 Å². The van der Waals surface area contributed by atoms with E-state index in [1.165, 1.54) is 12.0 Å². The van der Waals surface area contributed by atoms with Crippen LogP contribution in [0.5, 0.6) is 0 Å². The van der Waals surface area contributed by atoms with Crippen molar-refractivity contribution in [3.63, 3.8) is 0 Å². The van der Waals surface area contributed by atoms with Gasteiger partial charge >= 0.3 is 0 Å². The van der Waals surface area contributed by atoms with E-state index >= 15 is 0 Å². The number of nitrogens with zero attached hydrogens (tertiary/aromatic N) is 2. The highest BCUT2D eigenvalue weighted by molar-refractivity contribution is 5.43. The molecule has 3 nitrogen and oxygen atoms in total. The molecule has 2 heterocycles. The number of hydrogen-bond donors (Lipinski definition) is 1. The molecule has 1 aromatic heterocycles. The molecule has 1 N–H and O–H groups in total. The quantitative estimate of drug-likeness (QED) is 0.887. The van der Waals surface area contributed by atoms with Crippen LogP contribution in [0.1, 0.15) is 39.7 Å². The predicted molar refractivity (Wildman–Crippen MR) is 76.8 cm³/mol. The van der Waals surface area contributed by atoms with E-state index in [-0.39, 0.29) is 0 Å². The smallest absolute Gasteiger partial charge is 0.129 e. The van der Waals surface area contributed by atoms with Gasteiger partial charge in [-0.15, -0.1) is 0 Å². The molecule has 18 heavy (non-hydrogen) atoms. The average molecular weight is 247 g/mol. The molecule has 0 aliphatic carbocycles. The third kappa shape index (κ3) is 3.22. The number of hydrogen-bond acceptors (Lipinski definition) is 3. The first-order valence-electron chi connectivity index (χ1n) is 7.01. The molecule has 1 saturated heterocycles. The van der Waals surface area contributed by atoms with E-state index in [0.717, 1.165) is 24.8 Å². The Hall–Kier alpha value is -1.09. The van der Waals surface area contributed by atoms with Crippen LogP contribution in [0, 0.1) is 5.92 Å². The summed E-state index contributed by atoms with van der Waals surface area (Å²) in [5.74, 6) is 1.91. The van der Waals surface area contributed by atoms with Gasteiger partial charge < -0.3 is 10.2 Å². The van der Waals surface area contributed by atoms with E-state index in [2.05, 4.69) is 55.0 Å². The van der Waals surface area contributed by atoms with Gasteiger partial charge in [-0.1, -0.05) is 20.8 Å². The van der Waals surface area contributed by atoms with E-state index < -0.39 is 0 Å². The first-order chi connectivity index (χ1) is 8.56. The molecule has 1 aliphatic heterocycles. The van der Waals surface area contributed by atoms with E-state index in [9.17, 15) is 0 Å². The molecule has 0 saturated carbocycles. The number of rotatable bonds is 4. The lowest BCUT2D eigenvalue weighted by molar-refractivity contribution is 0.588. The summed E-state index contributed by atoms with van der Waals surface area (Å²) in [7, 11) is 0. The molecule has 0 amide bonds. The maximum Gasteiger partial charge on any atom is 0.129 e. The van der Waals surface area contributed by atoms with Crippen molar-refractivity contribution in [1.29, 1.82) is 0 Å². The van der Waals surface area contributed by atoms with Crippen molar-refractivity contribution in [2.45, 2.75) is 52.7 Å². The fourth-order valence-electron chi connectivity index (χ4n) is 2.67. The zero-order valence-electron chi connectivity index (χ0n) is 12.0. The van der Waals surface area contributed by atoms with Gasteiger partial charge in [-0.3, -0.25) is 0 Å². The Bertz CT molecular complexity index is 389. The molecule has 1 aromatic rings. The summed E-state index contributed by atoms with van der Waals surface area (Å²) in [5, 5.41) is 3.45. The molecule has 0 radical (unpaired) electrons. The highest BCUT2D eigenvalue weighted by Crippen LogP contribution is 2.27. The Morgan fingerprint density at radius 1 is 1.44 bits per heavy atom. The minimum absolute atomic E-state index is 0.521. The van der Waals surface area contributed by atoms with Crippen molar-refractivity contribution in [2.24, 2.45) is 5.92 Å². The van der Waals surface area contributed by atoms with Crippen LogP contribution in [-0.2, 0) is 6.54 Å². The average Bonchev–Trinajstić information content (AvgIpc) is 2.66. The fraction of sp³-hybridized carbons (Fsp3) is 0.667. The van der Waals surface area contributed by atoms with Gasteiger partial charge in [-0.2, -0.15) is 0 Å². The normalized spacial score (nSPS) is 23.9. The van der Waals surface area contributed by atoms with Crippen LogP contribution in [0.3, 0.4) is 0 Å². The van der Waals surface area contributed by atoms with Crippen molar-refractivity contribution < 1.29 is 0 Å². The molecular formula is C15H25N3. The molecule has 2 unspecified atom stereocenters. The van der Waals surface area contributed by atoms with Crippen LogP contribution in [0.2, 0.25) is 0 Å². The number of pyridine rings is 1. The van der Waals surface area contributed by atoms with Crippen molar-refractivity contribution in [1.82, 2.24) is 10.3 Å². The Kier molecular flexibility index (Phi) is 4.23. The molecule has 1 aliphatic rings. The Morgan fingerprint density at radius 3 is 2.83 bits per heavy atom. The molecule has 0 aromatic carbocycles. The summed E-state index contributed by atoms with van der Waals surface area (Å²) >= 11 is 0. The fourth-order valence-corrected chi connectivity index (χ4v) is 2.67. The lowest BCUT2D eigenvalue weighted by Crippen LogP contribution is -2.28. The van der Waals surface area contributed by atoms with Crippen LogP contribution in [0.15, 0.2) is 18.3 Å². The lowest BCUT2D eigenvalue weighted by Gasteiger charge is -2.23. The van der Waals surface area contributed by atoms with Gasteiger partial charge in [0.05, 0.1) is 0 Å². The third-order valence-corrected chi connectivity index (χ3v) is 3.60. The first-order valence-corrected chi connectivity index (χ1v) is 7.01. The second-order valence-corrected chi connectivity index (χ2v) is 5.90. The Morgan fingerprint density at radius 2 is 2.22 bits per heavy atom. The van der Waals surface area contributed by atoms with E-state index in [0.29, 0.717) is 12.1 Å². The van der Waals surface area contributed by atoms with Crippen LogP contribution >= 0.6 is 0 Å². The van der Waals surface area contributed by atoms with Gasteiger partial charge in [-0.25, -0.2) is 4.98 Å². The molecule has 0 bridgehead atoms. The lowest BCUT2D eigenvalue weighted by atomic mass is 10.1. The minimum Gasteiger partial charge on any atom is -0.354 e. The second kappa shape index (κ2) is 5.70. The second-order valence-electron chi connectivity index (χ2n) is 5.90. The number of aromatic nitrogens is 1. The van der Waals surface area contributed by atoms with Gasteiger partial charge in [0.15, 0.2) is 0 Å². The SMILES string of the molecule is CC1CC(C)N(c2cc(CNC(C)C)ccn2)C1. The zero-order valence-corrected chi connectivity index (χ0v) is 12.0. The maximum atomic E-state index is 4.53. The van der Waals surface area contributed by atoms with Crippen molar-refractivity contribution >= 4 is 5.82 Å². The molecule has 2 atom stereocenters. The summed E-state index contributed by atoms with van der Waals surface area (Å²) in [6.45, 7) is 11.0. The van der Waals surface area contributed by atoms with E-state index in [1.54, 1.807) is 0 Å². The van der Waals surface area contributed by atoms with Crippen LogP contribution in [0.25, 0.3) is 0 Å². The molecule has 0 spiro atoms. The predicted octanol–water partition coefficient (Wildman–Crippen LogP) is 2.81. The first kappa shape index (κ1) is 13.3. The molecule has 1 fully saturated rings. The van der Waals surface area contributed by atoms with E-state index in [4.69, 9.17) is 0 Å². The topological polar surface area (TPSA) is 28.2 Å². The summed E-state index contributed by atoms with van der Waals surface area (Å²) < 4.78 is 0. The van der Waals surface area contributed by atoms with Crippen LogP contribution in [0.4, 0.5) is 5.82 Å². The summed E-state index contributed by atoms with van der Waals surface area (Å²) in [6, 6.07) is 5.46. The minimum atomic E-state index is 0.521. The largest absolute Gasteiger partial charge is 0.354 e. The third-order valence-electron chi connectivity index (χ3n) is 3.60. The van der Waals surface area contributed by atoms with Crippen LogP contribution in [-0.4, -0.2) is 23.6 Å². The van der Waals surface area contributed by atoms with Gasteiger partial charge in [-0.05, 0) is 37.0 Å². The Labute approximate surface area is 111 Å². The Balaban J connectivity index is 2.07. The highest BCUT2D eigenvalue weighted by atomic mass is 15.2. The molecule has 2 rings (SSSR count). The highest BCUT2D eigenvalue weighted by Gasteiger charge is 2.26. The number of anilines is 1. The zero-order chi connectivity index (χ0) is 13.1. The maximum absolute atomic E-state index is 4.53. The molecular weight excluding hydrogens is 222 g/mol. The summed E-state index contributed by atoms with van der Waals surface area (Å²) in [6.07, 6.45) is 3.21. The number of nitrogens with one attached hydrogen (secondary N) is 1. The molecule has 3 heteroatoms. The van der Waals surface area contributed by atoms with Crippen molar-refractivity contribution in [3.05, 3.63) is 23.9 Å². The van der Waals surface area contributed by atoms with Crippen molar-refractivity contribution in [2.75, 3.05) is 11.4 Å². The summed E-state index contributed by atoms with van der Waals surface area (Å²) in [5.41, 5.74) is 1.32. The monoisotopic (exact) mass is 247 g/mol. The van der Waals surface area contributed by atoms with Crippen molar-refractivity contribution in [3.8, 4) is 0 Å². The van der Waals surface area contributed by atoms with Gasteiger partial charge in [0, 0.05) is 31.4 Å². The standard InChI is InChI=1S/C15H25N3/c1-11(2)17-9-14-5-6-16-15(8-14)18-10-12(3)7-13(18)4/h5-6,8,11-13,17H,7,9-10H2,1-4H3. The van der Waals surface area contributed by atoms with Gasteiger partial charge in [0.25, 0.3) is 0 Å². The van der Waals surface area contributed by atoms with Gasteiger partial charge in [0.1, 0.15) is 5.82 Å². The van der Waals surface area contributed by atoms with Gasteiger partial charge in [0.2, 0.25) is 0 Å². The van der Waals surface area contributed by atoms with Crippen LogP contribution < -0.4 is 10.2 Å².